The molecule has 2 N–H and O–H groups in total. The average molecular weight is 287 g/mol. The molecule has 0 spiro atoms. The smallest absolute Gasteiger partial charge is 0.0437 e. The molecule has 3 heteroatoms. The first-order valence-electron chi connectivity index (χ1n) is 8.90. The van der Waals surface area contributed by atoms with Crippen molar-refractivity contribution in [2.45, 2.75) is 65.2 Å². The Morgan fingerprint density at radius 1 is 1.05 bits per heavy atom. The Bertz CT molecular complexity index is 509. The molecule has 0 radical (unpaired) electrons. The zero-order valence-corrected chi connectivity index (χ0v) is 13.6. The van der Waals surface area contributed by atoms with Gasteiger partial charge in [-0.2, -0.15) is 5.10 Å². The van der Waals surface area contributed by atoms with Gasteiger partial charge in [0.25, 0.3) is 0 Å². The SMILES string of the molecule is C[C@]12CCCN=C1CC[C@@H]1[C@H]2CC[C@]2(C)C(=NN)CC[C@@H]12. The molecule has 0 unspecified atom stereocenters. The Kier molecular flexibility index (Phi) is 3.00. The maximum absolute atomic E-state index is 5.70. The number of fused-ring (bicyclic) bond motifs is 5. The fourth-order valence-electron chi connectivity index (χ4n) is 6.53. The first-order valence-corrected chi connectivity index (χ1v) is 8.90. The van der Waals surface area contributed by atoms with Crippen LogP contribution in [-0.4, -0.2) is 18.0 Å². The number of rotatable bonds is 0. The molecule has 5 atom stereocenters. The lowest BCUT2D eigenvalue weighted by atomic mass is 9.48. The minimum Gasteiger partial charge on any atom is -0.323 e. The Hall–Kier alpha value is -0.860. The highest BCUT2D eigenvalue weighted by Crippen LogP contribution is 2.62. The molecule has 1 aliphatic heterocycles. The van der Waals surface area contributed by atoms with E-state index in [2.05, 4.69) is 18.9 Å². The van der Waals surface area contributed by atoms with Crippen LogP contribution in [0.25, 0.3) is 0 Å². The first kappa shape index (κ1) is 13.8. The summed E-state index contributed by atoms with van der Waals surface area (Å²) in [6.07, 6.45) is 10.4. The maximum Gasteiger partial charge on any atom is 0.0437 e. The lowest BCUT2D eigenvalue weighted by molar-refractivity contribution is 0.00256. The van der Waals surface area contributed by atoms with Gasteiger partial charge in [-0.15, -0.1) is 0 Å². The summed E-state index contributed by atoms with van der Waals surface area (Å²) in [5.41, 5.74) is 3.57. The van der Waals surface area contributed by atoms with Crippen molar-refractivity contribution in [1.29, 1.82) is 0 Å². The Morgan fingerprint density at radius 2 is 1.86 bits per heavy atom. The van der Waals surface area contributed by atoms with Crippen LogP contribution in [0.1, 0.15) is 65.2 Å². The van der Waals surface area contributed by atoms with E-state index in [0.29, 0.717) is 10.8 Å². The quantitative estimate of drug-likeness (QED) is 0.535. The van der Waals surface area contributed by atoms with Gasteiger partial charge in [0.1, 0.15) is 0 Å². The summed E-state index contributed by atoms with van der Waals surface area (Å²) in [7, 11) is 0. The van der Waals surface area contributed by atoms with Crippen molar-refractivity contribution in [1.82, 2.24) is 0 Å². The van der Waals surface area contributed by atoms with Crippen molar-refractivity contribution in [3.63, 3.8) is 0 Å². The predicted octanol–water partition coefficient (Wildman–Crippen LogP) is 3.78. The van der Waals surface area contributed by atoms with Crippen LogP contribution >= 0.6 is 0 Å². The van der Waals surface area contributed by atoms with E-state index in [-0.39, 0.29) is 0 Å². The van der Waals surface area contributed by atoms with Gasteiger partial charge in [-0.1, -0.05) is 13.8 Å². The van der Waals surface area contributed by atoms with E-state index >= 15 is 0 Å². The highest BCUT2D eigenvalue weighted by Gasteiger charge is 2.58. The van der Waals surface area contributed by atoms with Crippen molar-refractivity contribution in [3.05, 3.63) is 0 Å². The average Bonchev–Trinajstić information content (AvgIpc) is 2.83. The second kappa shape index (κ2) is 4.57. The van der Waals surface area contributed by atoms with Crippen LogP contribution in [0.4, 0.5) is 0 Å². The maximum atomic E-state index is 5.70. The van der Waals surface area contributed by atoms with Gasteiger partial charge in [-0.05, 0) is 69.1 Å². The molecule has 0 bridgehead atoms. The van der Waals surface area contributed by atoms with E-state index in [1.165, 1.54) is 50.7 Å². The third-order valence-corrected chi connectivity index (χ3v) is 7.68. The summed E-state index contributed by atoms with van der Waals surface area (Å²) < 4.78 is 0. The van der Waals surface area contributed by atoms with Crippen LogP contribution in [0.2, 0.25) is 0 Å². The van der Waals surface area contributed by atoms with Crippen LogP contribution in [0, 0.1) is 28.6 Å². The van der Waals surface area contributed by atoms with E-state index in [4.69, 9.17) is 10.8 Å². The fourth-order valence-corrected chi connectivity index (χ4v) is 6.53. The lowest BCUT2D eigenvalue weighted by Crippen LogP contribution is -2.53. The highest BCUT2D eigenvalue weighted by molar-refractivity contribution is 5.93. The molecule has 0 aromatic carbocycles. The molecular formula is C18H29N3. The molecular weight excluding hydrogens is 258 g/mol. The summed E-state index contributed by atoms with van der Waals surface area (Å²) in [5, 5.41) is 4.17. The zero-order chi connectivity index (χ0) is 14.7. The highest BCUT2D eigenvalue weighted by atomic mass is 15.1. The zero-order valence-electron chi connectivity index (χ0n) is 13.6. The van der Waals surface area contributed by atoms with Crippen LogP contribution < -0.4 is 5.84 Å². The van der Waals surface area contributed by atoms with E-state index in [9.17, 15) is 0 Å². The molecule has 0 aromatic rings. The number of nitrogens with zero attached hydrogens (tertiary/aromatic N) is 2. The van der Waals surface area contributed by atoms with Crippen LogP contribution in [0.15, 0.2) is 10.1 Å². The molecule has 3 saturated carbocycles. The Labute approximate surface area is 128 Å². The molecule has 3 aliphatic carbocycles. The Balaban J connectivity index is 1.69. The van der Waals surface area contributed by atoms with Gasteiger partial charge in [0, 0.05) is 28.8 Å². The van der Waals surface area contributed by atoms with Gasteiger partial charge >= 0.3 is 0 Å². The van der Waals surface area contributed by atoms with Gasteiger partial charge < -0.3 is 5.84 Å². The topological polar surface area (TPSA) is 50.7 Å². The molecule has 116 valence electrons. The van der Waals surface area contributed by atoms with Crippen molar-refractivity contribution in [2.75, 3.05) is 6.54 Å². The van der Waals surface area contributed by atoms with Gasteiger partial charge in [0.15, 0.2) is 0 Å². The fraction of sp³-hybridized carbons (Fsp3) is 0.889. The van der Waals surface area contributed by atoms with E-state index in [1.54, 1.807) is 5.71 Å². The van der Waals surface area contributed by atoms with Gasteiger partial charge in [-0.25, -0.2) is 0 Å². The molecule has 21 heavy (non-hydrogen) atoms. The summed E-state index contributed by atoms with van der Waals surface area (Å²) >= 11 is 0. The molecule has 3 nitrogen and oxygen atoms in total. The second-order valence-corrected chi connectivity index (χ2v) is 8.34. The van der Waals surface area contributed by atoms with Crippen LogP contribution in [0.3, 0.4) is 0 Å². The van der Waals surface area contributed by atoms with Crippen LogP contribution in [-0.2, 0) is 0 Å². The first-order chi connectivity index (χ1) is 10.1. The normalized spacial score (nSPS) is 51.0. The largest absolute Gasteiger partial charge is 0.323 e. The van der Waals surface area contributed by atoms with E-state index in [0.717, 1.165) is 30.7 Å². The minimum atomic E-state index is 0.301. The van der Waals surface area contributed by atoms with Crippen molar-refractivity contribution >= 4 is 11.4 Å². The van der Waals surface area contributed by atoms with Gasteiger partial charge in [0.05, 0.1) is 0 Å². The number of hydrogen-bond acceptors (Lipinski definition) is 3. The summed E-state index contributed by atoms with van der Waals surface area (Å²) in [6, 6.07) is 0. The standard InChI is InChI=1S/C18H29N3/c1-17-9-3-11-20-15(17)6-4-12-13-5-7-16(21-19)18(13,2)10-8-14(12)17/h12-14H,3-11,19H2,1-2H3/t12-,13-,14+,17+,18-/m0/s1. The molecule has 4 aliphatic rings. The summed E-state index contributed by atoms with van der Waals surface area (Å²) in [6.45, 7) is 6.05. The number of nitrogens with two attached hydrogens (primary N) is 1. The molecule has 1 heterocycles. The molecule has 4 rings (SSSR count). The summed E-state index contributed by atoms with van der Waals surface area (Å²) in [4.78, 5) is 4.92. The summed E-state index contributed by atoms with van der Waals surface area (Å²) in [5.74, 6) is 8.25. The number of hydrogen-bond donors (Lipinski definition) is 1. The van der Waals surface area contributed by atoms with Gasteiger partial charge in [-0.3, -0.25) is 4.99 Å². The van der Waals surface area contributed by atoms with Crippen molar-refractivity contribution in [3.8, 4) is 0 Å². The molecule has 0 amide bonds. The predicted molar refractivity (Wildman–Crippen MR) is 87.5 cm³/mol. The molecule has 0 aromatic heterocycles. The molecule has 0 saturated heterocycles. The second-order valence-electron chi connectivity index (χ2n) is 8.34. The molecule has 3 fully saturated rings. The van der Waals surface area contributed by atoms with E-state index < -0.39 is 0 Å². The van der Waals surface area contributed by atoms with Gasteiger partial charge in [0.2, 0.25) is 0 Å². The van der Waals surface area contributed by atoms with E-state index in [1.807, 2.05) is 0 Å². The number of aliphatic imine (C=N–C) groups is 1. The third kappa shape index (κ3) is 1.72. The monoisotopic (exact) mass is 287 g/mol. The number of hydrazone groups is 1. The lowest BCUT2D eigenvalue weighted by Gasteiger charge is -2.56. The van der Waals surface area contributed by atoms with Crippen molar-refractivity contribution < 1.29 is 0 Å². The van der Waals surface area contributed by atoms with Crippen LogP contribution in [0.5, 0.6) is 0 Å². The Morgan fingerprint density at radius 3 is 2.67 bits per heavy atom. The van der Waals surface area contributed by atoms with Crippen molar-refractivity contribution in [2.24, 2.45) is 44.5 Å². The third-order valence-electron chi connectivity index (χ3n) is 7.68. The minimum absolute atomic E-state index is 0.301.